The third kappa shape index (κ3) is 6.52. The molecule has 0 aromatic heterocycles. The number of alkyl halides is 3. The van der Waals surface area contributed by atoms with E-state index in [4.69, 9.17) is 4.74 Å². The molecule has 4 aromatic rings. The molecule has 1 N–H and O–H groups in total. The monoisotopic (exact) mass is 660 g/mol. The Kier molecular flexibility index (Phi) is 9.01. The Labute approximate surface area is 260 Å². The van der Waals surface area contributed by atoms with Crippen molar-refractivity contribution in [1.29, 1.82) is 0 Å². The molecule has 0 fully saturated rings. The number of fused-ring (bicyclic) bond motifs is 1. The molecule has 1 heterocycles. The van der Waals surface area contributed by atoms with Crippen LogP contribution in [0.15, 0.2) is 89.8 Å². The summed E-state index contributed by atoms with van der Waals surface area (Å²) >= 11 is 0. The summed E-state index contributed by atoms with van der Waals surface area (Å²) in [5.41, 5.74) is -0.228. The van der Waals surface area contributed by atoms with Gasteiger partial charge in [-0.1, -0.05) is 42.5 Å². The average Bonchev–Trinajstić information content (AvgIpc) is 3.43. The third-order valence-corrected chi connectivity index (χ3v) is 9.07. The molecule has 5 rings (SSSR count). The summed E-state index contributed by atoms with van der Waals surface area (Å²) in [6.07, 6.45) is -4.49. The number of carbonyl (C=O) groups excluding carboxylic acids is 2. The number of anilines is 1. The van der Waals surface area contributed by atoms with Gasteiger partial charge in [0.2, 0.25) is 5.91 Å². The van der Waals surface area contributed by atoms with E-state index in [2.05, 4.69) is 10.1 Å². The smallest absolute Gasteiger partial charge is 0.416 e. The van der Waals surface area contributed by atoms with Crippen LogP contribution in [0, 0.1) is 11.6 Å². The Morgan fingerprint density at radius 1 is 0.913 bits per heavy atom. The number of benzene rings is 4. The van der Waals surface area contributed by atoms with Crippen LogP contribution in [0.3, 0.4) is 0 Å². The fourth-order valence-corrected chi connectivity index (χ4v) is 6.70. The summed E-state index contributed by atoms with van der Waals surface area (Å²) in [4.78, 5) is 24.7. The number of nitrogens with one attached hydrogen (secondary N) is 1. The first-order valence-corrected chi connectivity index (χ1v) is 15.1. The predicted molar refractivity (Wildman–Crippen MR) is 157 cm³/mol. The van der Waals surface area contributed by atoms with Crippen molar-refractivity contribution >= 4 is 27.6 Å². The fraction of sp³-hybridized carbons (Fsp3) is 0.188. The molecule has 0 radical (unpaired) electrons. The number of sulfonamides is 1. The molecule has 1 aliphatic heterocycles. The number of ether oxygens (including phenoxy) is 2. The van der Waals surface area contributed by atoms with Gasteiger partial charge in [0.05, 0.1) is 29.8 Å². The number of amides is 1. The standard InChI is InChI=1S/C32H25F5N2O6S/c1-44-31(41)29-25(33)17-23(18-26(29)34)45-14-13-38-30(40)28-16-21-5-2-3-8-27(21)39(28)46(42,43)24-11-9-19(10-12-24)20-6-4-7-22(15-20)32(35,36)37/h2-12,15,17-18,28H,13-14,16H2,1H3,(H,38,40)/t28-/m0/s1. The van der Waals surface area contributed by atoms with Gasteiger partial charge in [0, 0.05) is 18.6 Å². The van der Waals surface area contributed by atoms with Crippen LogP contribution in [0.5, 0.6) is 5.75 Å². The Hall–Kier alpha value is -4.98. The second-order valence-electron chi connectivity index (χ2n) is 10.1. The van der Waals surface area contributed by atoms with Gasteiger partial charge in [-0.05, 0) is 47.0 Å². The lowest BCUT2D eigenvalue weighted by atomic mass is 10.0. The number of methoxy groups -OCH3 is 1. The molecule has 8 nitrogen and oxygen atoms in total. The minimum absolute atomic E-state index is 0.0514. The van der Waals surface area contributed by atoms with E-state index >= 15 is 0 Å². The van der Waals surface area contributed by atoms with E-state index in [1.165, 1.54) is 36.4 Å². The van der Waals surface area contributed by atoms with E-state index in [0.29, 0.717) is 11.1 Å². The maximum absolute atomic E-state index is 14.2. The van der Waals surface area contributed by atoms with Gasteiger partial charge in [-0.3, -0.25) is 9.10 Å². The zero-order valence-electron chi connectivity index (χ0n) is 24.0. The molecule has 0 bridgehead atoms. The van der Waals surface area contributed by atoms with Crippen LogP contribution in [0.25, 0.3) is 11.1 Å². The Bertz CT molecular complexity index is 1870. The average molecular weight is 661 g/mol. The Morgan fingerprint density at radius 3 is 2.24 bits per heavy atom. The van der Waals surface area contributed by atoms with E-state index in [1.807, 2.05) is 0 Å². The Morgan fingerprint density at radius 2 is 1.59 bits per heavy atom. The molecule has 0 saturated carbocycles. The van der Waals surface area contributed by atoms with Gasteiger partial charge in [0.1, 0.15) is 35.6 Å². The molecule has 1 atom stereocenters. The summed E-state index contributed by atoms with van der Waals surface area (Å²) in [6.45, 7) is -0.404. The highest BCUT2D eigenvalue weighted by molar-refractivity contribution is 7.93. The van der Waals surface area contributed by atoms with E-state index in [0.717, 1.165) is 35.7 Å². The third-order valence-electron chi connectivity index (χ3n) is 7.24. The van der Waals surface area contributed by atoms with E-state index < -0.39 is 56.9 Å². The number of hydrogen-bond donors (Lipinski definition) is 1. The molecular weight excluding hydrogens is 635 g/mol. The molecule has 4 aromatic carbocycles. The molecule has 0 saturated heterocycles. The van der Waals surface area contributed by atoms with Crippen molar-refractivity contribution < 1.29 is 49.4 Å². The van der Waals surface area contributed by atoms with Crippen molar-refractivity contribution in [2.75, 3.05) is 24.6 Å². The van der Waals surface area contributed by atoms with Crippen LogP contribution in [0.4, 0.5) is 27.6 Å². The van der Waals surface area contributed by atoms with E-state index in [1.54, 1.807) is 24.3 Å². The summed E-state index contributed by atoms with van der Waals surface area (Å²) in [6, 6.07) is 16.9. The summed E-state index contributed by atoms with van der Waals surface area (Å²) in [5.74, 6) is -4.50. The van der Waals surface area contributed by atoms with Gasteiger partial charge in [-0.2, -0.15) is 13.2 Å². The number of hydrogen-bond acceptors (Lipinski definition) is 6. The van der Waals surface area contributed by atoms with Gasteiger partial charge >= 0.3 is 12.1 Å². The molecule has 46 heavy (non-hydrogen) atoms. The number of nitrogens with zero attached hydrogens (tertiary/aromatic N) is 1. The van der Waals surface area contributed by atoms with Crippen LogP contribution in [0.1, 0.15) is 21.5 Å². The van der Waals surface area contributed by atoms with Crippen molar-refractivity contribution in [3.8, 4) is 16.9 Å². The Balaban J connectivity index is 1.31. The van der Waals surface area contributed by atoms with Crippen LogP contribution in [-0.4, -0.2) is 46.6 Å². The summed E-state index contributed by atoms with van der Waals surface area (Å²) in [5, 5.41) is 2.58. The van der Waals surface area contributed by atoms with Gasteiger partial charge in [0.15, 0.2) is 0 Å². The van der Waals surface area contributed by atoms with E-state index in [-0.39, 0.29) is 41.5 Å². The lowest BCUT2D eigenvalue weighted by Crippen LogP contribution is -2.48. The highest BCUT2D eigenvalue weighted by atomic mass is 32.2. The molecule has 1 amide bonds. The first-order chi connectivity index (χ1) is 21.8. The minimum Gasteiger partial charge on any atom is -0.492 e. The molecule has 14 heteroatoms. The topological polar surface area (TPSA) is 102 Å². The van der Waals surface area contributed by atoms with Crippen LogP contribution in [0.2, 0.25) is 0 Å². The first kappa shape index (κ1) is 32.4. The quantitative estimate of drug-likeness (QED) is 0.139. The molecular formula is C32H25F5N2O6S. The van der Waals surface area contributed by atoms with Crippen LogP contribution < -0.4 is 14.4 Å². The van der Waals surface area contributed by atoms with Crippen molar-refractivity contribution in [3.63, 3.8) is 0 Å². The molecule has 240 valence electrons. The maximum atomic E-state index is 14.2. The van der Waals surface area contributed by atoms with Gasteiger partial charge in [-0.25, -0.2) is 22.0 Å². The highest BCUT2D eigenvalue weighted by Crippen LogP contribution is 2.38. The predicted octanol–water partition coefficient (Wildman–Crippen LogP) is 5.75. The zero-order chi connectivity index (χ0) is 33.2. The second kappa shape index (κ2) is 12.8. The van der Waals surface area contributed by atoms with Crippen LogP contribution in [-0.2, 0) is 32.2 Å². The number of halogens is 5. The normalized spacial score (nSPS) is 14.5. The number of rotatable bonds is 9. The SMILES string of the molecule is COC(=O)c1c(F)cc(OCCNC(=O)[C@@H]2Cc3ccccc3N2S(=O)(=O)c2ccc(-c3cccc(C(F)(F)F)c3)cc2)cc1F. The van der Waals surface area contributed by atoms with Crippen molar-refractivity contribution in [1.82, 2.24) is 5.32 Å². The summed E-state index contributed by atoms with van der Waals surface area (Å²) in [7, 11) is -3.36. The molecule has 1 aliphatic rings. The van der Waals surface area contributed by atoms with Gasteiger partial charge in [0.25, 0.3) is 10.0 Å². The van der Waals surface area contributed by atoms with Crippen molar-refractivity contribution in [3.05, 3.63) is 113 Å². The van der Waals surface area contributed by atoms with E-state index in [9.17, 15) is 40.0 Å². The van der Waals surface area contributed by atoms with Crippen molar-refractivity contribution in [2.45, 2.75) is 23.5 Å². The largest absolute Gasteiger partial charge is 0.492 e. The summed E-state index contributed by atoms with van der Waals surface area (Å²) < 4.78 is 106. The lowest BCUT2D eigenvalue weighted by molar-refractivity contribution is -0.137. The first-order valence-electron chi connectivity index (χ1n) is 13.7. The second-order valence-corrected chi connectivity index (χ2v) is 12.0. The highest BCUT2D eigenvalue weighted by Gasteiger charge is 2.42. The molecule has 0 unspecified atom stereocenters. The minimum atomic E-state index is -4.54. The van der Waals surface area contributed by atoms with Crippen molar-refractivity contribution in [2.24, 2.45) is 0 Å². The molecule has 0 aliphatic carbocycles. The fourth-order valence-electron chi connectivity index (χ4n) is 5.05. The molecule has 0 spiro atoms. The number of esters is 1. The lowest BCUT2D eigenvalue weighted by Gasteiger charge is -2.26. The number of para-hydroxylation sites is 1. The zero-order valence-corrected chi connectivity index (χ0v) is 24.8. The van der Waals surface area contributed by atoms with Gasteiger partial charge in [-0.15, -0.1) is 0 Å². The van der Waals surface area contributed by atoms with Crippen LogP contribution >= 0.6 is 0 Å². The number of carbonyl (C=O) groups is 2. The maximum Gasteiger partial charge on any atom is 0.416 e. The van der Waals surface area contributed by atoms with Gasteiger partial charge < -0.3 is 14.8 Å².